The Morgan fingerprint density at radius 2 is 1.24 bits per heavy atom. The van der Waals surface area contributed by atoms with Gasteiger partial charge in [-0.3, -0.25) is 28.8 Å². The molecule has 2 aromatic heterocycles. The Morgan fingerprint density at radius 3 is 1.85 bits per heavy atom. The lowest BCUT2D eigenvalue weighted by atomic mass is 10.1. The van der Waals surface area contributed by atoms with E-state index in [-0.39, 0.29) is 117 Å². The molecule has 0 saturated carbocycles. The van der Waals surface area contributed by atoms with E-state index in [9.17, 15) is 46.8 Å². The molecule has 0 radical (unpaired) electrons. The standard InChI is InChI=1S/C46H65N7O20S2/c1-32-44(52-46(74-32)51-33(2)54)75(62,63)50-13-9-38(55)47-11-3-15-64-19-23-68-24-20-65-16-4-12-49-43(60)36-29-34-5-6-35(30-37(34)72-45(36)61)71-31-39(56)48-14-18-67-22-26-70-28-27-69-25-21-66-17-10-42(59)73-53-40(57)7-8-41(53)58/h5-6,29-30,50H,3-4,7-28,31H2,1-2H3,(H,47,55)(H,48,56)(H,49,60)(H,51,52,54). The topological polar surface area (TPSA) is 343 Å². The van der Waals surface area contributed by atoms with E-state index < -0.39 is 45.2 Å². The molecule has 27 nitrogen and oxygen atoms in total. The van der Waals surface area contributed by atoms with Crippen LogP contribution in [0.4, 0.5) is 5.13 Å². The molecule has 0 aliphatic carbocycles. The molecule has 1 saturated heterocycles. The zero-order valence-corrected chi connectivity index (χ0v) is 43.5. The highest BCUT2D eigenvalue weighted by atomic mass is 32.2. The number of ether oxygens (including phenoxy) is 8. The number of hydrogen-bond donors (Lipinski definition) is 5. The molecule has 0 spiro atoms. The molecule has 4 rings (SSSR count). The molecular weight excluding hydrogens is 1030 g/mol. The zero-order valence-electron chi connectivity index (χ0n) is 41.9. The lowest BCUT2D eigenvalue weighted by Crippen LogP contribution is -2.32. The van der Waals surface area contributed by atoms with Crippen molar-refractivity contribution >= 4 is 78.9 Å². The van der Waals surface area contributed by atoms with Crippen LogP contribution in [0.1, 0.15) is 60.7 Å². The lowest BCUT2D eigenvalue weighted by molar-refractivity contribution is -0.198. The maximum Gasteiger partial charge on any atom is 0.349 e. The van der Waals surface area contributed by atoms with Gasteiger partial charge in [-0.05, 0) is 38.0 Å². The van der Waals surface area contributed by atoms with Crippen molar-refractivity contribution in [2.24, 2.45) is 0 Å². The average Bonchev–Trinajstić information content (AvgIpc) is 3.90. The van der Waals surface area contributed by atoms with E-state index in [1.165, 1.54) is 19.1 Å². The third-order valence-corrected chi connectivity index (χ3v) is 12.4. The Bertz CT molecular complexity index is 2490. The fourth-order valence-corrected chi connectivity index (χ4v) is 8.60. The van der Waals surface area contributed by atoms with E-state index >= 15 is 0 Å². The van der Waals surface area contributed by atoms with E-state index in [4.69, 9.17) is 47.1 Å². The molecule has 1 fully saturated rings. The van der Waals surface area contributed by atoms with Crippen molar-refractivity contribution in [1.82, 2.24) is 30.7 Å². The summed E-state index contributed by atoms with van der Waals surface area (Å²) >= 11 is 1.04. The highest BCUT2D eigenvalue weighted by molar-refractivity contribution is 7.89. The molecular formula is C46H65N7O20S2. The Labute approximate surface area is 436 Å². The minimum Gasteiger partial charge on any atom is -0.484 e. The van der Waals surface area contributed by atoms with E-state index in [0.29, 0.717) is 101 Å². The molecule has 1 aromatic carbocycles. The lowest BCUT2D eigenvalue weighted by Gasteiger charge is -2.12. The molecule has 3 aromatic rings. The van der Waals surface area contributed by atoms with Gasteiger partial charge in [0.05, 0.1) is 85.7 Å². The summed E-state index contributed by atoms with van der Waals surface area (Å²) in [5.41, 5.74) is -0.837. The monoisotopic (exact) mass is 1100 g/mol. The predicted molar refractivity (Wildman–Crippen MR) is 264 cm³/mol. The van der Waals surface area contributed by atoms with Crippen LogP contribution in [0.3, 0.4) is 0 Å². The number of fused-ring (bicyclic) bond motifs is 1. The van der Waals surface area contributed by atoms with Crippen molar-refractivity contribution in [2.75, 3.05) is 131 Å². The number of hydrogen-bond acceptors (Lipinski definition) is 22. The molecule has 75 heavy (non-hydrogen) atoms. The fraction of sp³-hybridized carbons (Fsp3) is 0.587. The Kier molecular flexibility index (Phi) is 28.3. The number of sulfonamides is 1. The van der Waals surface area contributed by atoms with Crippen LogP contribution in [0.15, 0.2) is 38.5 Å². The van der Waals surface area contributed by atoms with Gasteiger partial charge in [0.1, 0.15) is 16.9 Å². The first kappa shape index (κ1) is 61.5. The van der Waals surface area contributed by atoms with Crippen molar-refractivity contribution in [3.05, 3.63) is 45.1 Å². The molecule has 5 N–H and O–H groups in total. The minimum absolute atomic E-state index is 0.0266. The Morgan fingerprint density at radius 1 is 0.680 bits per heavy atom. The number of carbonyl (C=O) groups excluding carboxylic acids is 7. The van der Waals surface area contributed by atoms with Crippen LogP contribution in [0.25, 0.3) is 11.0 Å². The van der Waals surface area contributed by atoms with Gasteiger partial charge in [0.15, 0.2) is 16.8 Å². The van der Waals surface area contributed by atoms with Crippen LogP contribution in [0.2, 0.25) is 0 Å². The summed E-state index contributed by atoms with van der Waals surface area (Å²) in [4.78, 5) is 105. The van der Waals surface area contributed by atoms with Gasteiger partial charge in [-0.1, -0.05) is 0 Å². The van der Waals surface area contributed by atoms with Gasteiger partial charge in [0.2, 0.25) is 11.8 Å². The molecule has 3 heterocycles. The third kappa shape index (κ3) is 24.5. The van der Waals surface area contributed by atoms with Crippen molar-refractivity contribution < 1.29 is 89.1 Å². The van der Waals surface area contributed by atoms with Crippen molar-refractivity contribution in [2.45, 2.75) is 57.4 Å². The van der Waals surface area contributed by atoms with Gasteiger partial charge in [0.25, 0.3) is 33.7 Å². The van der Waals surface area contributed by atoms with Crippen LogP contribution in [0, 0.1) is 6.92 Å². The zero-order chi connectivity index (χ0) is 54.3. The summed E-state index contributed by atoms with van der Waals surface area (Å²) in [6.07, 6.45) is 0.880. The quantitative estimate of drug-likeness (QED) is 0.0287. The maximum absolute atomic E-state index is 12.7. The second kappa shape index (κ2) is 34.5. The normalized spacial score (nSPS) is 12.5. The highest BCUT2D eigenvalue weighted by Crippen LogP contribution is 2.25. The first-order valence-corrected chi connectivity index (χ1v) is 26.3. The molecule has 416 valence electrons. The van der Waals surface area contributed by atoms with Gasteiger partial charge in [-0.15, -0.1) is 16.4 Å². The van der Waals surface area contributed by atoms with Gasteiger partial charge < -0.3 is 68.4 Å². The summed E-state index contributed by atoms with van der Waals surface area (Å²) in [6.45, 7) is 7.29. The third-order valence-electron chi connectivity index (χ3n) is 9.87. The summed E-state index contributed by atoms with van der Waals surface area (Å²) in [5, 5.41) is 11.4. The first-order chi connectivity index (χ1) is 36.1. The number of nitrogens with zero attached hydrogens (tertiary/aromatic N) is 2. The number of imide groups is 1. The summed E-state index contributed by atoms with van der Waals surface area (Å²) in [7, 11) is -3.95. The summed E-state index contributed by atoms with van der Waals surface area (Å²) < 4.78 is 76.4. The minimum atomic E-state index is -3.95. The SMILES string of the molecule is CC(=O)Nc1nc(S(=O)(=O)NCCC(=O)NCCCOCCOCCOCCCNC(=O)c2cc3ccc(OCC(=O)NCCOCCOCCOCCOCCC(=O)ON4C(=O)CCC4=O)cc3oc2=O)c(C)s1. The van der Waals surface area contributed by atoms with Crippen molar-refractivity contribution in [1.29, 1.82) is 0 Å². The number of aryl methyl sites for hydroxylation is 1. The van der Waals surface area contributed by atoms with Crippen LogP contribution < -0.4 is 36.4 Å². The number of anilines is 1. The van der Waals surface area contributed by atoms with Crippen molar-refractivity contribution in [3.63, 3.8) is 0 Å². The molecule has 0 unspecified atom stereocenters. The smallest absolute Gasteiger partial charge is 0.349 e. The molecule has 29 heteroatoms. The second-order valence-corrected chi connectivity index (χ2v) is 18.8. The Hall–Kier alpha value is -6.02. The van der Waals surface area contributed by atoms with Crippen molar-refractivity contribution in [3.8, 4) is 5.75 Å². The number of carbonyl (C=O) groups is 7. The molecule has 0 bridgehead atoms. The number of hydroxylamine groups is 2. The van der Waals surface area contributed by atoms with E-state index in [1.54, 1.807) is 19.1 Å². The van der Waals surface area contributed by atoms with E-state index in [1.807, 2.05) is 0 Å². The first-order valence-electron chi connectivity index (χ1n) is 24.0. The highest BCUT2D eigenvalue weighted by Gasteiger charge is 2.32. The number of benzene rings is 1. The van der Waals surface area contributed by atoms with E-state index in [0.717, 1.165) is 11.3 Å². The average molecular weight is 1100 g/mol. The number of rotatable bonds is 40. The number of thiazole rings is 1. The number of amides is 6. The largest absolute Gasteiger partial charge is 0.484 e. The number of aromatic nitrogens is 1. The maximum atomic E-state index is 12.7. The Balaban J connectivity index is 0.910. The molecule has 0 atom stereocenters. The molecule has 1 aliphatic heterocycles. The molecule has 1 aliphatic rings. The van der Waals surface area contributed by atoms with E-state index in [2.05, 4.69) is 31.0 Å². The van der Waals surface area contributed by atoms with Crippen LogP contribution >= 0.6 is 11.3 Å². The van der Waals surface area contributed by atoms with Crippen LogP contribution in [-0.2, 0) is 76.8 Å². The molecule has 6 amide bonds. The van der Waals surface area contributed by atoms with Gasteiger partial charge in [-0.2, -0.15) is 0 Å². The number of nitrogens with one attached hydrogen (secondary N) is 5. The fourth-order valence-electron chi connectivity index (χ4n) is 6.23. The van der Waals surface area contributed by atoms with Gasteiger partial charge in [0, 0.05) is 81.9 Å². The summed E-state index contributed by atoms with van der Waals surface area (Å²) in [5.74, 6) is -3.24. The van der Waals surface area contributed by atoms with Crippen LogP contribution in [0.5, 0.6) is 5.75 Å². The van der Waals surface area contributed by atoms with Gasteiger partial charge in [-0.25, -0.2) is 27.7 Å². The van der Waals surface area contributed by atoms with Crippen LogP contribution in [-0.4, -0.2) is 185 Å². The van der Waals surface area contributed by atoms with Gasteiger partial charge >= 0.3 is 11.6 Å². The second-order valence-electron chi connectivity index (χ2n) is 15.9. The summed E-state index contributed by atoms with van der Waals surface area (Å²) in [6, 6.07) is 6.04. The predicted octanol–water partition coefficient (Wildman–Crippen LogP) is 0.120.